The summed E-state index contributed by atoms with van der Waals surface area (Å²) in [5, 5.41) is 0.411. The summed E-state index contributed by atoms with van der Waals surface area (Å²) in [7, 11) is 0. The van der Waals surface area contributed by atoms with Gasteiger partial charge in [-0.1, -0.05) is 17.2 Å². The summed E-state index contributed by atoms with van der Waals surface area (Å²) in [6.45, 7) is 0.0709. The normalized spacial score (nSPS) is 17.0. The summed E-state index contributed by atoms with van der Waals surface area (Å²) in [6.07, 6.45) is -0.630. The van der Waals surface area contributed by atoms with E-state index in [0.29, 0.717) is 5.06 Å². The van der Waals surface area contributed by atoms with Gasteiger partial charge in [0, 0.05) is 0 Å². The zero-order valence-corrected chi connectivity index (χ0v) is 10.8. The molecule has 0 saturated carbocycles. The largest absolute Gasteiger partial charge is 0.448 e. The van der Waals surface area contributed by atoms with Gasteiger partial charge in [0.25, 0.3) is 11.8 Å². The van der Waals surface area contributed by atoms with Gasteiger partial charge >= 0.3 is 12.1 Å². The number of hydrogen-bond donors (Lipinski definition) is 0. The average Bonchev–Trinajstić information content (AvgIpc) is 2.97. The van der Waals surface area contributed by atoms with Crippen LogP contribution in [0.25, 0.3) is 0 Å². The third kappa shape index (κ3) is 2.20. The van der Waals surface area contributed by atoms with Gasteiger partial charge in [-0.15, -0.1) is 0 Å². The lowest BCUT2D eigenvalue weighted by Crippen LogP contribution is -2.38. The highest BCUT2D eigenvalue weighted by molar-refractivity contribution is 6.20. The molecule has 8 heteroatoms. The molecule has 1 saturated heterocycles. The van der Waals surface area contributed by atoms with Gasteiger partial charge in [-0.05, 0) is 12.1 Å². The lowest BCUT2D eigenvalue weighted by Gasteiger charge is -2.15. The molecule has 1 aromatic rings. The second kappa shape index (κ2) is 4.89. The highest BCUT2D eigenvalue weighted by Gasteiger charge is 2.39. The van der Waals surface area contributed by atoms with Gasteiger partial charge in [0.1, 0.15) is 13.2 Å². The minimum absolute atomic E-state index is 0.177. The molecule has 0 atom stereocenters. The third-order valence-corrected chi connectivity index (χ3v) is 3.11. The first-order valence-electron chi connectivity index (χ1n) is 6.18. The number of fused-ring (bicyclic) bond motifs is 1. The lowest BCUT2D eigenvalue weighted by molar-refractivity contribution is -0.168. The minimum atomic E-state index is -0.886. The van der Waals surface area contributed by atoms with E-state index in [-0.39, 0.29) is 30.8 Å². The number of ether oxygens (including phenoxy) is 1. The number of hydroxylamine groups is 2. The van der Waals surface area contributed by atoms with E-state index in [9.17, 15) is 19.2 Å². The molecule has 3 amide bonds. The first-order valence-corrected chi connectivity index (χ1v) is 6.18. The molecule has 1 fully saturated rings. The van der Waals surface area contributed by atoms with Crippen LogP contribution in [0.1, 0.15) is 20.7 Å². The zero-order chi connectivity index (χ0) is 15.0. The molecular formula is C13H10N2O6. The predicted octanol–water partition coefficient (Wildman–Crippen LogP) is 0.193. The van der Waals surface area contributed by atoms with Crippen LogP contribution in [-0.4, -0.2) is 53.5 Å². The molecule has 108 valence electrons. The number of amides is 3. The second-order valence-electron chi connectivity index (χ2n) is 4.45. The summed E-state index contributed by atoms with van der Waals surface area (Å²) >= 11 is 0. The van der Waals surface area contributed by atoms with Crippen molar-refractivity contribution in [3.05, 3.63) is 35.4 Å². The van der Waals surface area contributed by atoms with Gasteiger partial charge in [-0.2, -0.15) is 0 Å². The van der Waals surface area contributed by atoms with Gasteiger partial charge in [0.15, 0.2) is 0 Å². The highest BCUT2D eigenvalue weighted by Crippen LogP contribution is 2.22. The van der Waals surface area contributed by atoms with Crippen molar-refractivity contribution in [1.29, 1.82) is 0 Å². The quantitative estimate of drug-likeness (QED) is 0.738. The van der Waals surface area contributed by atoms with Gasteiger partial charge in [-0.25, -0.2) is 9.59 Å². The summed E-state index contributed by atoms with van der Waals surface area (Å²) in [6, 6.07) is 6.16. The average molecular weight is 290 g/mol. The van der Waals surface area contributed by atoms with Gasteiger partial charge in [0.05, 0.1) is 17.7 Å². The Morgan fingerprint density at radius 2 is 1.76 bits per heavy atom. The number of cyclic esters (lactones) is 1. The van der Waals surface area contributed by atoms with Crippen molar-refractivity contribution in [2.75, 3.05) is 19.7 Å². The fraction of sp³-hybridized carbons (Fsp3) is 0.231. The molecule has 21 heavy (non-hydrogen) atoms. The molecule has 2 aliphatic rings. The number of rotatable bonds is 3. The molecule has 3 rings (SSSR count). The van der Waals surface area contributed by atoms with E-state index in [1.54, 1.807) is 12.1 Å². The van der Waals surface area contributed by atoms with Crippen LogP contribution in [0, 0.1) is 0 Å². The van der Waals surface area contributed by atoms with Crippen LogP contribution in [-0.2, 0) is 14.4 Å². The number of hydrogen-bond acceptors (Lipinski definition) is 6. The van der Waals surface area contributed by atoms with Crippen LogP contribution in [0.2, 0.25) is 0 Å². The Kier molecular flexibility index (Phi) is 3.05. The van der Waals surface area contributed by atoms with E-state index >= 15 is 0 Å². The van der Waals surface area contributed by atoms with E-state index in [2.05, 4.69) is 4.74 Å². The first kappa shape index (κ1) is 13.1. The summed E-state index contributed by atoms with van der Waals surface area (Å²) in [5.74, 6) is -2.29. The smallest absolute Gasteiger partial charge is 0.410 e. The van der Waals surface area contributed by atoms with Crippen molar-refractivity contribution < 1.29 is 28.8 Å². The lowest BCUT2D eigenvalue weighted by atomic mass is 10.1. The Bertz CT molecular complexity index is 621. The monoisotopic (exact) mass is 290 g/mol. The van der Waals surface area contributed by atoms with Crippen molar-refractivity contribution in [2.24, 2.45) is 0 Å². The molecule has 8 nitrogen and oxygen atoms in total. The molecule has 1 aromatic carbocycles. The summed E-state index contributed by atoms with van der Waals surface area (Å²) in [5.41, 5.74) is 0.353. The zero-order valence-electron chi connectivity index (χ0n) is 10.8. The predicted molar refractivity (Wildman–Crippen MR) is 66.0 cm³/mol. The maximum absolute atomic E-state index is 12.0. The minimum Gasteiger partial charge on any atom is -0.448 e. The molecule has 0 aliphatic carbocycles. The van der Waals surface area contributed by atoms with Gasteiger partial charge in [0.2, 0.25) is 0 Å². The van der Waals surface area contributed by atoms with Crippen molar-refractivity contribution in [1.82, 2.24) is 9.96 Å². The standard InChI is InChI=1S/C13H10N2O6/c16-10(7-14-5-6-20-13(14)19)21-15-11(17)8-3-1-2-4-9(8)12(15)18/h1-4H,5-7H2. The molecule has 0 radical (unpaired) electrons. The number of nitrogens with zero attached hydrogens (tertiary/aromatic N) is 2. The van der Waals surface area contributed by atoms with Gasteiger partial charge < -0.3 is 9.57 Å². The molecule has 0 N–H and O–H groups in total. The molecular weight excluding hydrogens is 280 g/mol. The second-order valence-corrected chi connectivity index (χ2v) is 4.45. The first-order chi connectivity index (χ1) is 10.1. The van der Waals surface area contributed by atoms with Crippen LogP contribution in [0.5, 0.6) is 0 Å². The maximum Gasteiger partial charge on any atom is 0.410 e. The third-order valence-electron chi connectivity index (χ3n) is 3.11. The fourth-order valence-electron chi connectivity index (χ4n) is 2.11. The fourth-order valence-corrected chi connectivity index (χ4v) is 2.11. The van der Waals surface area contributed by atoms with Crippen LogP contribution in [0.15, 0.2) is 24.3 Å². The summed E-state index contributed by atoms with van der Waals surface area (Å²) in [4.78, 5) is 52.8. The molecule has 2 heterocycles. The van der Waals surface area contributed by atoms with E-state index in [0.717, 1.165) is 4.90 Å². The van der Waals surface area contributed by atoms with E-state index in [1.807, 2.05) is 0 Å². The van der Waals surface area contributed by atoms with Crippen molar-refractivity contribution in [3.8, 4) is 0 Å². The molecule has 0 spiro atoms. The molecule has 0 unspecified atom stereocenters. The Morgan fingerprint density at radius 1 is 1.14 bits per heavy atom. The summed E-state index contributed by atoms with van der Waals surface area (Å²) < 4.78 is 4.66. The van der Waals surface area contributed by atoms with E-state index in [1.165, 1.54) is 12.1 Å². The van der Waals surface area contributed by atoms with Crippen LogP contribution < -0.4 is 0 Å². The van der Waals surface area contributed by atoms with Crippen LogP contribution >= 0.6 is 0 Å². The highest BCUT2D eigenvalue weighted by atomic mass is 16.7. The van der Waals surface area contributed by atoms with Crippen molar-refractivity contribution in [2.45, 2.75) is 0 Å². The van der Waals surface area contributed by atoms with Gasteiger partial charge in [-0.3, -0.25) is 14.5 Å². The Labute approximate surface area is 118 Å². The number of carbonyl (C=O) groups excluding carboxylic acids is 4. The van der Waals surface area contributed by atoms with Crippen molar-refractivity contribution in [3.63, 3.8) is 0 Å². The number of imide groups is 1. The van der Waals surface area contributed by atoms with Crippen LogP contribution in [0.4, 0.5) is 4.79 Å². The Balaban J connectivity index is 1.69. The molecule has 0 aromatic heterocycles. The number of benzene rings is 1. The van der Waals surface area contributed by atoms with Crippen LogP contribution in [0.3, 0.4) is 0 Å². The van der Waals surface area contributed by atoms with E-state index in [4.69, 9.17) is 4.84 Å². The molecule has 2 aliphatic heterocycles. The Morgan fingerprint density at radius 3 is 2.29 bits per heavy atom. The topological polar surface area (TPSA) is 93.2 Å². The Hall–Kier alpha value is -2.90. The maximum atomic E-state index is 12.0. The number of carbonyl (C=O) groups is 4. The molecule has 0 bridgehead atoms. The SMILES string of the molecule is O=C(CN1CCOC1=O)ON1C(=O)c2ccccc2C1=O. The van der Waals surface area contributed by atoms with E-state index < -0.39 is 23.9 Å². The van der Waals surface area contributed by atoms with Crippen molar-refractivity contribution >= 4 is 23.9 Å².